The lowest BCUT2D eigenvalue weighted by Gasteiger charge is -2.20. The monoisotopic (exact) mass is 317 g/mol. The Morgan fingerprint density at radius 3 is 2.52 bits per heavy atom. The highest BCUT2D eigenvalue weighted by Crippen LogP contribution is 2.22. The standard InChI is InChI=1S/C17H23N3O3/c1-5-20(11-16(21)19(2)3)10-14-12-23-17(18-14)13-6-8-15(22-4)9-7-13/h6-9,12H,5,10-11H2,1-4H3. The van der Waals surface area contributed by atoms with E-state index < -0.39 is 0 Å². The van der Waals surface area contributed by atoms with Crippen LogP contribution < -0.4 is 4.74 Å². The Hall–Kier alpha value is -2.34. The predicted octanol–water partition coefficient (Wildman–Crippen LogP) is 2.26. The molecular weight excluding hydrogens is 294 g/mol. The molecule has 0 bridgehead atoms. The second kappa shape index (κ2) is 7.78. The maximum absolute atomic E-state index is 11.8. The lowest BCUT2D eigenvalue weighted by Crippen LogP contribution is -2.36. The number of rotatable bonds is 7. The first-order valence-electron chi connectivity index (χ1n) is 7.54. The number of likely N-dealkylation sites (N-methyl/N-ethyl adjacent to an activating group) is 2. The van der Waals surface area contributed by atoms with Gasteiger partial charge in [0.05, 0.1) is 19.3 Å². The van der Waals surface area contributed by atoms with Gasteiger partial charge in [-0.05, 0) is 30.8 Å². The van der Waals surface area contributed by atoms with E-state index in [1.54, 1.807) is 32.4 Å². The summed E-state index contributed by atoms with van der Waals surface area (Å²) in [7, 11) is 5.15. The van der Waals surface area contributed by atoms with Gasteiger partial charge in [0.25, 0.3) is 0 Å². The largest absolute Gasteiger partial charge is 0.497 e. The minimum absolute atomic E-state index is 0.0747. The molecule has 0 spiro atoms. The summed E-state index contributed by atoms with van der Waals surface area (Å²) in [4.78, 5) is 19.9. The van der Waals surface area contributed by atoms with Crippen molar-refractivity contribution in [2.75, 3.05) is 34.3 Å². The molecule has 6 nitrogen and oxygen atoms in total. The fourth-order valence-electron chi connectivity index (χ4n) is 2.09. The number of ether oxygens (including phenoxy) is 1. The maximum Gasteiger partial charge on any atom is 0.236 e. The molecule has 1 aromatic carbocycles. The smallest absolute Gasteiger partial charge is 0.236 e. The van der Waals surface area contributed by atoms with Crippen molar-refractivity contribution in [3.63, 3.8) is 0 Å². The van der Waals surface area contributed by atoms with E-state index in [-0.39, 0.29) is 5.91 Å². The van der Waals surface area contributed by atoms with Crippen molar-refractivity contribution in [1.82, 2.24) is 14.8 Å². The number of nitrogens with zero attached hydrogens (tertiary/aromatic N) is 3. The Morgan fingerprint density at radius 2 is 1.96 bits per heavy atom. The highest BCUT2D eigenvalue weighted by molar-refractivity contribution is 5.77. The SMILES string of the molecule is CCN(CC(=O)N(C)C)Cc1coc(-c2ccc(OC)cc2)n1. The molecule has 0 aliphatic carbocycles. The van der Waals surface area contributed by atoms with Crippen molar-refractivity contribution in [2.24, 2.45) is 0 Å². The minimum atomic E-state index is 0.0747. The first kappa shape index (κ1) is 17.0. The molecule has 0 fully saturated rings. The Morgan fingerprint density at radius 1 is 1.26 bits per heavy atom. The second-order valence-electron chi connectivity index (χ2n) is 5.46. The van der Waals surface area contributed by atoms with E-state index in [0.717, 1.165) is 23.6 Å². The van der Waals surface area contributed by atoms with E-state index in [1.165, 1.54) is 0 Å². The van der Waals surface area contributed by atoms with Crippen LogP contribution in [0.25, 0.3) is 11.5 Å². The molecule has 0 aliphatic rings. The van der Waals surface area contributed by atoms with Gasteiger partial charge in [-0.3, -0.25) is 9.69 Å². The summed E-state index contributed by atoms with van der Waals surface area (Å²) in [5.41, 5.74) is 1.70. The van der Waals surface area contributed by atoms with Gasteiger partial charge in [0.1, 0.15) is 12.0 Å². The molecule has 124 valence electrons. The third-order valence-corrected chi connectivity index (χ3v) is 3.58. The molecule has 0 saturated carbocycles. The molecular formula is C17H23N3O3. The van der Waals surface area contributed by atoms with Crippen LogP contribution in [0.2, 0.25) is 0 Å². The predicted molar refractivity (Wildman–Crippen MR) is 88.1 cm³/mol. The summed E-state index contributed by atoms with van der Waals surface area (Å²) in [6.07, 6.45) is 1.64. The zero-order valence-electron chi connectivity index (χ0n) is 14.1. The van der Waals surface area contributed by atoms with Gasteiger partial charge in [-0.1, -0.05) is 6.92 Å². The molecule has 1 amide bonds. The third kappa shape index (κ3) is 4.56. The normalized spacial score (nSPS) is 10.8. The average molecular weight is 317 g/mol. The lowest BCUT2D eigenvalue weighted by atomic mass is 10.2. The quantitative estimate of drug-likeness (QED) is 0.784. The summed E-state index contributed by atoms with van der Waals surface area (Å²) in [5.74, 6) is 1.43. The molecule has 0 aliphatic heterocycles. The van der Waals surface area contributed by atoms with Crippen LogP contribution in [-0.4, -0.2) is 55.0 Å². The Balaban J connectivity index is 2.04. The second-order valence-corrected chi connectivity index (χ2v) is 5.46. The van der Waals surface area contributed by atoms with Crippen molar-refractivity contribution in [3.05, 3.63) is 36.2 Å². The Kier molecular flexibility index (Phi) is 5.76. The topological polar surface area (TPSA) is 58.8 Å². The number of oxazole rings is 1. The molecule has 23 heavy (non-hydrogen) atoms. The highest BCUT2D eigenvalue weighted by atomic mass is 16.5. The summed E-state index contributed by atoms with van der Waals surface area (Å²) in [6, 6.07) is 7.55. The molecule has 1 heterocycles. The third-order valence-electron chi connectivity index (χ3n) is 3.58. The van der Waals surface area contributed by atoms with Gasteiger partial charge >= 0.3 is 0 Å². The summed E-state index contributed by atoms with van der Waals surface area (Å²) in [5, 5.41) is 0. The van der Waals surface area contributed by atoms with Crippen molar-refractivity contribution in [2.45, 2.75) is 13.5 Å². The van der Waals surface area contributed by atoms with Gasteiger partial charge in [0.2, 0.25) is 11.8 Å². The Labute approximate surface area is 136 Å². The summed E-state index contributed by atoms with van der Waals surface area (Å²) < 4.78 is 10.7. The average Bonchev–Trinajstić information content (AvgIpc) is 3.02. The van der Waals surface area contributed by atoms with Crippen LogP contribution >= 0.6 is 0 Å². The van der Waals surface area contributed by atoms with Crippen LogP contribution in [0, 0.1) is 0 Å². The van der Waals surface area contributed by atoms with Crippen molar-refractivity contribution < 1.29 is 13.9 Å². The van der Waals surface area contributed by atoms with E-state index in [4.69, 9.17) is 9.15 Å². The molecule has 0 saturated heterocycles. The highest BCUT2D eigenvalue weighted by Gasteiger charge is 2.14. The van der Waals surface area contributed by atoms with Gasteiger partial charge in [0, 0.05) is 26.2 Å². The molecule has 2 aromatic rings. The number of carbonyl (C=O) groups is 1. The molecule has 0 N–H and O–H groups in total. The first-order valence-corrected chi connectivity index (χ1v) is 7.54. The van der Waals surface area contributed by atoms with Crippen molar-refractivity contribution >= 4 is 5.91 Å². The number of aromatic nitrogens is 1. The van der Waals surface area contributed by atoms with Crippen LogP contribution in [0.3, 0.4) is 0 Å². The number of benzene rings is 1. The zero-order chi connectivity index (χ0) is 16.8. The van der Waals surface area contributed by atoms with Crippen LogP contribution in [0.5, 0.6) is 5.75 Å². The van der Waals surface area contributed by atoms with Crippen LogP contribution in [-0.2, 0) is 11.3 Å². The van der Waals surface area contributed by atoms with Crippen molar-refractivity contribution in [1.29, 1.82) is 0 Å². The summed E-state index contributed by atoms with van der Waals surface area (Å²) in [6.45, 7) is 3.74. The van der Waals surface area contributed by atoms with E-state index >= 15 is 0 Å². The van der Waals surface area contributed by atoms with Gasteiger partial charge in [0.15, 0.2) is 0 Å². The van der Waals surface area contributed by atoms with Crippen LogP contribution in [0.4, 0.5) is 0 Å². The van der Waals surface area contributed by atoms with Gasteiger partial charge in [-0.2, -0.15) is 0 Å². The number of methoxy groups -OCH3 is 1. The van der Waals surface area contributed by atoms with E-state index in [2.05, 4.69) is 4.98 Å². The number of hydrogen-bond acceptors (Lipinski definition) is 5. The molecule has 0 atom stereocenters. The fourth-order valence-corrected chi connectivity index (χ4v) is 2.09. The maximum atomic E-state index is 11.8. The van der Waals surface area contributed by atoms with Crippen LogP contribution in [0.15, 0.2) is 34.9 Å². The Bertz CT molecular complexity index is 635. The van der Waals surface area contributed by atoms with Crippen LogP contribution in [0.1, 0.15) is 12.6 Å². The minimum Gasteiger partial charge on any atom is -0.497 e. The molecule has 1 aromatic heterocycles. The molecule has 6 heteroatoms. The van der Waals surface area contributed by atoms with E-state index in [1.807, 2.05) is 36.1 Å². The first-order chi connectivity index (χ1) is 11.0. The van der Waals surface area contributed by atoms with Gasteiger partial charge in [-0.25, -0.2) is 4.98 Å². The fraction of sp³-hybridized carbons (Fsp3) is 0.412. The van der Waals surface area contributed by atoms with E-state index in [9.17, 15) is 4.79 Å². The van der Waals surface area contributed by atoms with E-state index in [0.29, 0.717) is 19.0 Å². The lowest BCUT2D eigenvalue weighted by molar-refractivity contribution is -0.130. The number of amides is 1. The van der Waals surface area contributed by atoms with Gasteiger partial charge < -0.3 is 14.1 Å². The zero-order valence-corrected chi connectivity index (χ0v) is 14.1. The molecule has 0 radical (unpaired) electrons. The number of hydrogen-bond donors (Lipinski definition) is 0. The molecule has 0 unspecified atom stereocenters. The van der Waals surface area contributed by atoms with Crippen molar-refractivity contribution in [3.8, 4) is 17.2 Å². The molecule has 2 rings (SSSR count). The van der Waals surface area contributed by atoms with Gasteiger partial charge in [-0.15, -0.1) is 0 Å². The summed E-state index contributed by atoms with van der Waals surface area (Å²) >= 11 is 0. The number of carbonyl (C=O) groups excluding carboxylic acids is 1.